The van der Waals surface area contributed by atoms with E-state index in [4.69, 9.17) is 21.4 Å². The maximum absolute atomic E-state index is 9.17. The van der Waals surface area contributed by atoms with Crippen LogP contribution in [0.1, 0.15) is 5.56 Å². The molecule has 1 aromatic heterocycles. The summed E-state index contributed by atoms with van der Waals surface area (Å²) in [5.74, 6) is 1.21. The number of benzene rings is 1. The van der Waals surface area contributed by atoms with Gasteiger partial charge in [0, 0.05) is 16.8 Å². The summed E-state index contributed by atoms with van der Waals surface area (Å²) in [5.41, 5.74) is 0.649. The largest absolute Gasteiger partial charge is 0.455 e. The summed E-state index contributed by atoms with van der Waals surface area (Å²) in [6.07, 6.45) is 3.28. The zero-order valence-electron chi connectivity index (χ0n) is 8.43. The van der Waals surface area contributed by atoms with Crippen LogP contribution in [-0.4, -0.2) is 10.1 Å². The zero-order valence-corrected chi connectivity index (χ0v) is 9.19. The van der Waals surface area contributed by atoms with E-state index in [9.17, 15) is 0 Å². The first-order chi connectivity index (χ1) is 7.79. The lowest BCUT2D eigenvalue weighted by molar-refractivity contribution is 0.276. The highest BCUT2D eigenvalue weighted by atomic mass is 35.5. The quantitative estimate of drug-likeness (QED) is 0.889. The first-order valence-corrected chi connectivity index (χ1v) is 5.14. The van der Waals surface area contributed by atoms with Crippen LogP contribution in [0, 0.1) is 0 Å². The molecule has 1 aromatic carbocycles. The van der Waals surface area contributed by atoms with Gasteiger partial charge < -0.3 is 9.84 Å². The van der Waals surface area contributed by atoms with Crippen LogP contribution in [-0.2, 0) is 6.61 Å². The highest BCUT2D eigenvalue weighted by Gasteiger charge is 2.04. The summed E-state index contributed by atoms with van der Waals surface area (Å²) in [5, 5.41) is 9.74. The average molecular weight is 236 g/mol. The standard InChI is InChI=1S/C12H10ClNO2/c13-10-3-4-12(9(6-10)8-15)16-11-2-1-5-14-7-11/h1-7,15H,8H2. The molecule has 1 N–H and O–H groups in total. The van der Waals surface area contributed by atoms with Gasteiger partial charge in [-0.3, -0.25) is 4.98 Å². The number of hydrogen-bond donors (Lipinski definition) is 1. The number of rotatable bonds is 3. The van der Waals surface area contributed by atoms with Crippen molar-refractivity contribution in [2.75, 3.05) is 0 Å². The van der Waals surface area contributed by atoms with Crippen molar-refractivity contribution in [3.05, 3.63) is 53.3 Å². The van der Waals surface area contributed by atoms with Gasteiger partial charge in [0.25, 0.3) is 0 Å². The van der Waals surface area contributed by atoms with Gasteiger partial charge in [-0.05, 0) is 30.3 Å². The summed E-state index contributed by atoms with van der Waals surface area (Å²) >= 11 is 5.82. The molecule has 3 nitrogen and oxygen atoms in total. The van der Waals surface area contributed by atoms with E-state index in [1.165, 1.54) is 0 Å². The van der Waals surface area contributed by atoms with Crippen LogP contribution in [0.2, 0.25) is 5.02 Å². The molecule has 4 heteroatoms. The fourth-order valence-corrected chi connectivity index (χ4v) is 1.50. The topological polar surface area (TPSA) is 42.4 Å². The van der Waals surface area contributed by atoms with Crippen LogP contribution in [0.4, 0.5) is 0 Å². The van der Waals surface area contributed by atoms with Crippen molar-refractivity contribution in [2.45, 2.75) is 6.61 Å². The minimum absolute atomic E-state index is 0.115. The van der Waals surface area contributed by atoms with Gasteiger partial charge in [-0.15, -0.1) is 0 Å². The maximum atomic E-state index is 9.17. The predicted octanol–water partition coefficient (Wildman–Crippen LogP) is 3.02. The van der Waals surface area contributed by atoms with Gasteiger partial charge >= 0.3 is 0 Å². The number of hydrogen-bond acceptors (Lipinski definition) is 3. The lowest BCUT2D eigenvalue weighted by Crippen LogP contribution is -1.91. The molecule has 0 bridgehead atoms. The Morgan fingerprint density at radius 3 is 2.88 bits per heavy atom. The minimum atomic E-state index is -0.115. The van der Waals surface area contributed by atoms with Crippen molar-refractivity contribution < 1.29 is 9.84 Å². The lowest BCUT2D eigenvalue weighted by Gasteiger charge is -2.09. The Kier molecular flexibility index (Phi) is 3.39. The molecular formula is C12H10ClNO2. The summed E-state index contributed by atoms with van der Waals surface area (Å²) < 4.78 is 5.57. The Bertz CT molecular complexity index is 474. The van der Waals surface area contributed by atoms with Gasteiger partial charge in [0.2, 0.25) is 0 Å². The molecule has 0 saturated carbocycles. The van der Waals surface area contributed by atoms with Crippen molar-refractivity contribution in [3.8, 4) is 11.5 Å². The Labute approximate surface area is 98.3 Å². The molecule has 0 spiro atoms. The van der Waals surface area contributed by atoms with E-state index in [-0.39, 0.29) is 6.61 Å². The molecule has 0 amide bonds. The number of ether oxygens (including phenoxy) is 1. The van der Waals surface area contributed by atoms with E-state index in [1.807, 2.05) is 0 Å². The van der Waals surface area contributed by atoms with Gasteiger partial charge in [-0.2, -0.15) is 0 Å². The molecule has 0 fully saturated rings. The molecule has 1 heterocycles. The van der Waals surface area contributed by atoms with E-state index in [2.05, 4.69) is 4.98 Å². The number of pyridine rings is 1. The third-order valence-electron chi connectivity index (χ3n) is 2.06. The first kappa shape index (κ1) is 10.9. The monoisotopic (exact) mass is 235 g/mol. The number of aliphatic hydroxyl groups is 1. The van der Waals surface area contributed by atoms with E-state index < -0.39 is 0 Å². The molecule has 0 radical (unpaired) electrons. The second-order valence-electron chi connectivity index (χ2n) is 3.20. The van der Waals surface area contributed by atoms with Crippen molar-refractivity contribution >= 4 is 11.6 Å². The first-order valence-electron chi connectivity index (χ1n) is 4.77. The summed E-state index contributed by atoms with van der Waals surface area (Å²) in [4.78, 5) is 3.94. The van der Waals surface area contributed by atoms with E-state index in [0.29, 0.717) is 22.1 Å². The summed E-state index contributed by atoms with van der Waals surface area (Å²) in [6, 6.07) is 8.69. The number of halogens is 1. The summed E-state index contributed by atoms with van der Waals surface area (Å²) in [6.45, 7) is -0.115. The van der Waals surface area contributed by atoms with Crippen molar-refractivity contribution in [1.82, 2.24) is 4.98 Å². The normalized spacial score (nSPS) is 10.1. The molecule has 0 aliphatic heterocycles. The second-order valence-corrected chi connectivity index (χ2v) is 3.64. The molecule has 16 heavy (non-hydrogen) atoms. The third-order valence-corrected chi connectivity index (χ3v) is 2.29. The second kappa shape index (κ2) is 4.96. The van der Waals surface area contributed by atoms with Gasteiger partial charge in [-0.1, -0.05) is 11.6 Å². The van der Waals surface area contributed by atoms with E-state index in [0.717, 1.165) is 0 Å². The molecule has 0 aliphatic rings. The van der Waals surface area contributed by atoms with E-state index in [1.54, 1.807) is 42.7 Å². The van der Waals surface area contributed by atoms with Crippen LogP contribution in [0.3, 0.4) is 0 Å². The number of aliphatic hydroxyl groups excluding tert-OH is 1. The van der Waals surface area contributed by atoms with Crippen LogP contribution in [0.25, 0.3) is 0 Å². The van der Waals surface area contributed by atoms with Gasteiger partial charge in [0.1, 0.15) is 11.5 Å². The Morgan fingerprint density at radius 2 is 2.19 bits per heavy atom. The van der Waals surface area contributed by atoms with Gasteiger partial charge in [0.05, 0.1) is 12.8 Å². The summed E-state index contributed by atoms with van der Waals surface area (Å²) in [7, 11) is 0. The fraction of sp³-hybridized carbons (Fsp3) is 0.0833. The van der Waals surface area contributed by atoms with Crippen LogP contribution in [0.15, 0.2) is 42.7 Å². The highest BCUT2D eigenvalue weighted by Crippen LogP contribution is 2.27. The lowest BCUT2D eigenvalue weighted by atomic mass is 10.2. The average Bonchev–Trinajstić information content (AvgIpc) is 2.33. The molecule has 2 aromatic rings. The molecule has 0 unspecified atom stereocenters. The van der Waals surface area contributed by atoms with Crippen LogP contribution >= 0.6 is 11.6 Å². The van der Waals surface area contributed by atoms with Gasteiger partial charge in [-0.25, -0.2) is 0 Å². The van der Waals surface area contributed by atoms with Gasteiger partial charge in [0.15, 0.2) is 0 Å². The smallest absolute Gasteiger partial charge is 0.145 e. The predicted molar refractivity (Wildman–Crippen MR) is 61.7 cm³/mol. The fourth-order valence-electron chi connectivity index (χ4n) is 1.31. The molecule has 0 atom stereocenters. The molecular weight excluding hydrogens is 226 g/mol. The zero-order chi connectivity index (χ0) is 11.4. The van der Waals surface area contributed by atoms with Crippen LogP contribution < -0.4 is 4.74 Å². The maximum Gasteiger partial charge on any atom is 0.145 e. The Morgan fingerprint density at radius 1 is 1.31 bits per heavy atom. The minimum Gasteiger partial charge on any atom is -0.455 e. The molecule has 82 valence electrons. The van der Waals surface area contributed by atoms with Crippen molar-refractivity contribution in [2.24, 2.45) is 0 Å². The number of nitrogens with zero attached hydrogens (tertiary/aromatic N) is 1. The molecule has 2 rings (SSSR count). The highest BCUT2D eigenvalue weighted by molar-refractivity contribution is 6.30. The number of aromatic nitrogens is 1. The third kappa shape index (κ3) is 2.51. The SMILES string of the molecule is OCc1cc(Cl)ccc1Oc1cccnc1. The Hall–Kier alpha value is -1.58. The molecule has 0 aliphatic carbocycles. The van der Waals surface area contributed by atoms with E-state index >= 15 is 0 Å². The molecule has 0 saturated heterocycles. The van der Waals surface area contributed by atoms with Crippen molar-refractivity contribution in [1.29, 1.82) is 0 Å². The van der Waals surface area contributed by atoms with Crippen LogP contribution in [0.5, 0.6) is 11.5 Å². The Balaban J connectivity index is 2.28. The van der Waals surface area contributed by atoms with Crippen molar-refractivity contribution in [3.63, 3.8) is 0 Å².